The molecule has 1 fully saturated rings. The predicted octanol–water partition coefficient (Wildman–Crippen LogP) is 3.94. The number of hydrogen-bond donors (Lipinski definition) is 2. The number of nitrogens with one attached hydrogen (secondary N) is 1. The molecule has 2 aromatic carbocycles. The normalized spacial score (nSPS) is 15.5. The van der Waals surface area contributed by atoms with Gasteiger partial charge in [-0.15, -0.1) is 0 Å². The first kappa shape index (κ1) is 19.7. The number of halogens is 2. The first-order valence-corrected chi connectivity index (χ1v) is 9.55. The van der Waals surface area contributed by atoms with Gasteiger partial charge in [0.25, 0.3) is 0 Å². The number of amides is 2. The molecule has 1 aliphatic rings. The third kappa shape index (κ3) is 5.01. The summed E-state index contributed by atoms with van der Waals surface area (Å²) in [5.41, 5.74) is 7.16. The maximum atomic E-state index is 12.5. The topological polar surface area (TPSA) is 75.4 Å². The number of piperidine rings is 1. The highest BCUT2D eigenvalue weighted by molar-refractivity contribution is 6.35. The molecule has 0 radical (unpaired) electrons. The predicted molar refractivity (Wildman–Crippen MR) is 108 cm³/mol. The molecule has 1 aliphatic heterocycles. The number of hydrogen-bond acceptors (Lipinski definition) is 3. The van der Waals surface area contributed by atoms with Gasteiger partial charge in [0.2, 0.25) is 11.8 Å². The van der Waals surface area contributed by atoms with Crippen LogP contribution in [0.3, 0.4) is 0 Å². The molecule has 0 atom stereocenters. The van der Waals surface area contributed by atoms with Crippen molar-refractivity contribution in [2.75, 3.05) is 18.4 Å². The molecule has 5 nitrogen and oxygen atoms in total. The molecule has 1 heterocycles. The summed E-state index contributed by atoms with van der Waals surface area (Å²) < 4.78 is 0. The zero-order valence-electron chi connectivity index (χ0n) is 14.8. The lowest BCUT2D eigenvalue weighted by atomic mass is 9.95. The largest absolute Gasteiger partial charge is 0.366 e. The van der Waals surface area contributed by atoms with Crippen LogP contribution in [0.1, 0.15) is 28.8 Å². The second kappa shape index (κ2) is 8.74. The third-order valence-corrected chi connectivity index (χ3v) is 5.52. The van der Waals surface area contributed by atoms with E-state index in [4.69, 9.17) is 28.9 Å². The van der Waals surface area contributed by atoms with E-state index in [-0.39, 0.29) is 11.8 Å². The van der Waals surface area contributed by atoms with Crippen LogP contribution >= 0.6 is 23.2 Å². The summed E-state index contributed by atoms with van der Waals surface area (Å²) in [7, 11) is 0. The lowest BCUT2D eigenvalue weighted by Crippen LogP contribution is -2.37. The van der Waals surface area contributed by atoms with E-state index in [0.717, 1.165) is 31.5 Å². The highest BCUT2D eigenvalue weighted by Crippen LogP contribution is 2.28. The van der Waals surface area contributed by atoms with Crippen molar-refractivity contribution in [2.24, 2.45) is 11.7 Å². The Kier molecular flexibility index (Phi) is 6.37. The minimum Gasteiger partial charge on any atom is -0.366 e. The van der Waals surface area contributed by atoms with Gasteiger partial charge in [0.15, 0.2) is 0 Å². The summed E-state index contributed by atoms with van der Waals surface area (Å²) in [4.78, 5) is 26.0. The van der Waals surface area contributed by atoms with E-state index < -0.39 is 5.91 Å². The van der Waals surface area contributed by atoms with Crippen molar-refractivity contribution in [1.29, 1.82) is 0 Å². The van der Waals surface area contributed by atoms with Gasteiger partial charge >= 0.3 is 0 Å². The Bertz CT molecular complexity index is 829. The fraction of sp³-hybridized carbons (Fsp3) is 0.300. The van der Waals surface area contributed by atoms with Gasteiger partial charge in [0, 0.05) is 39.3 Å². The summed E-state index contributed by atoms with van der Waals surface area (Å²) in [6.45, 7) is 2.26. The first-order chi connectivity index (χ1) is 12.9. The Morgan fingerprint density at radius 1 is 1.07 bits per heavy atom. The molecule has 0 aliphatic carbocycles. The van der Waals surface area contributed by atoms with Gasteiger partial charge in [-0.05, 0) is 56.3 Å². The maximum absolute atomic E-state index is 12.5. The molecule has 3 rings (SSSR count). The number of nitrogens with two attached hydrogens (primary N) is 1. The molecular weight excluding hydrogens is 385 g/mol. The minimum absolute atomic E-state index is 0.0351. The molecule has 0 saturated carbocycles. The van der Waals surface area contributed by atoms with Crippen LogP contribution < -0.4 is 11.1 Å². The molecule has 1 saturated heterocycles. The van der Waals surface area contributed by atoms with Gasteiger partial charge in [0.05, 0.1) is 0 Å². The SMILES string of the molecule is NC(=O)c1cccc(NC(=O)C2CCN(Cc3c(Cl)cccc3Cl)CC2)c1. The van der Waals surface area contributed by atoms with Crippen LogP contribution in [0.5, 0.6) is 0 Å². The highest BCUT2D eigenvalue weighted by atomic mass is 35.5. The standard InChI is InChI=1S/C20H21Cl2N3O2/c21-17-5-2-6-18(22)16(17)12-25-9-7-13(8-10-25)20(27)24-15-4-1-3-14(11-15)19(23)26/h1-6,11,13H,7-10,12H2,(H2,23,26)(H,24,27). The van der Waals surface area contributed by atoms with E-state index in [2.05, 4.69) is 10.2 Å². The number of rotatable bonds is 5. The van der Waals surface area contributed by atoms with E-state index in [9.17, 15) is 9.59 Å². The van der Waals surface area contributed by atoms with Crippen molar-refractivity contribution >= 4 is 40.7 Å². The Hall–Kier alpha value is -2.08. The molecule has 0 aromatic heterocycles. The molecule has 2 amide bonds. The van der Waals surface area contributed by atoms with Gasteiger partial charge in [0.1, 0.15) is 0 Å². The van der Waals surface area contributed by atoms with Crippen LogP contribution in [-0.2, 0) is 11.3 Å². The molecule has 0 unspecified atom stereocenters. The summed E-state index contributed by atoms with van der Waals surface area (Å²) in [6, 6.07) is 12.2. The Morgan fingerprint density at radius 2 is 1.70 bits per heavy atom. The number of carbonyl (C=O) groups is 2. The second-order valence-corrected chi connectivity index (χ2v) is 7.50. The van der Waals surface area contributed by atoms with Crippen LogP contribution in [0.25, 0.3) is 0 Å². The van der Waals surface area contributed by atoms with Crippen LogP contribution in [0.4, 0.5) is 5.69 Å². The quantitative estimate of drug-likeness (QED) is 0.790. The Balaban J connectivity index is 1.55. The molecule has 3 N–H and O–H groups in total. The Morgan fingerprint density at radius 3 is 2.33 bits per heavy atom. The van der Waals surface area contributed by atoms with Crippen LogP contribution in [0.2, 0.25) is 10.0 Å². The van der Waals surface area contributed by atoms with Gasteiger partial charge in [-0.25, -0.2) is 0 Å². The third-order valence-electron chi connectivity index (χ3n) is 4.82. The Labute approximate surface area is 168 Å². The number of carbonyl (C=O) groups excluding carboxylic acids is 2. The smallest absolute Gasteiger partial charge is 0.248 e. The zero-order chi connectivity index (χ0) is 19.4. The number of benzene rings is 2. The van der Waals surface area contributed by atoms with E-state index in [1.165, 1.54) is 0 Å². The average molecular weight is 406 g/mol. The number of nitrogens with zero attached hydrogens (tertiary/aromatic N) is 1. The van der Waals surface area contributed by atoms with Crippen LogP contribution in [0.15, 0.2) is 42.5 Å². The lowest BCUT2D eigenvalue weighted by molar-refractivity contribution is -0.121. The van der Waals surface area contributed by atoms with Gasteiger partial charge in [-0.1, -0.05) is 35.3 Å². The van der Waals surface area contributed by atoms with E-state index in [0.29, 0.717) is 27.8 Å². The van der Waals surface area contributed by atoms with E-state index in [1.807, 2.05) is 18.2 Å². The molecule has 2 aromatic rings. The molecule has 0 bridgehead atoms. The number of anilines is 1. The fourth-order valence-corrected chi connectivity index (χ4v) is 3.77. The lowest BCUT2D eigenvalue weighted by Gasteiger charge is -2.31. The van der Waals surface area contributed by atoms with Crippen molar-refractivity contribution in [1.82, 2.24) is 4.90 Å². The fourth-order valence-electron chi connectivity index (χ4n) is 3.25. The van der Waals surface area contributed by atoms with Gasteiger partial charge < -0.3 is 11.1 Å². The van der Waals surface area contributed by atoms with Crippen LogP contribution in [-0.4, -0.2) is 29.8 Å². The van der Waals surface area contributed by atoms with Crippen molar-refractivity contribution in [2.45, 2.75) is 19.4 Å². The van der Waals surface area contributed by atoms with Crippen molar-refractivity contribution in [3.8, 4) is 0 Å². The number of primary amides is 1. The number of likely N-dealkylation sites (tertiary alicyclic amines) is 1. The van der Waals surface area contributed by atoms with Crippen molar-refractivity contribution in [3.63, 3.8) is 0 Å². The van der Waals surface area contributed by atoms with E-state index in [1.54, 1.807) is 24.3 Å². The molecule has 27 heavy (non-hydrogen) atoms. The average Bonchev–Trinajstić information content (AvgIpc) is 2.65. The highest BCUT2D eigenvalue weighted by Gasteiger charge is 2.25. The molecule has 142 valence electrons. The van der Waals surface area contributed by atoms with E-state index >= 15 is 0 Å². The zero-order valence-corrected chi connectivity index (χ0v) is 16.3. The second-order valence-electron chi connectivity index (χ2n) is 6.68. The van der Waals surface area contributed by atoms with Crippen LogP contribution in [0, 0.1) is 5.92 Å². The van der Waals surface area contributed by atoms with Crippen molar-refractivity contribution < 1.29 is 9.59 Å². The molecule has 0 spiro atoms. The van der Waals surface area contributed by atoms with Gasteiger partial charge in [-0.2, -0.15) is 0 Å². The summed E-state index contributed by atoms with van der Waals surface area (Å²) in [5.74, 6) is -0.620. The maximum Gasteiger partial charge on any atom is 0.248 e. The first-order valence-electron chi connectivity index (χ1n) is 8.80. The minimum atomic E-state index is -0.516. The summed E-state index contributed by atoms with van der Waals surface area (Å²) in [6.07, 6.45) is 1.51. The monoisotopic (exact) mass is 405 g/mol. The van der Waals surface area contributed by atoms with Crippen molar-refractivity contribution in [3.05, 3.63) is 63.6 Å². The summed E-state index contributed by atoms with van der Waals surface area (Å²) >= 11 is 12.5. The molecule has 7 heteroatoms. The van der Waals surface area contributed by atoms with Gasteiger partial charge in [-0.3, -0.25) is 14.5 Å². The summed E-state index contributed by atoms with van der Waals surface area (Å²) in [5, 5.41) is 4.21. The molecular formula is C20H21Cl2N3O2.